The summed E-state index contributed by atoms with van der Waals surface area (Å²) < 4.78 is 6.05. The van der Waals surface area contributed by atoms with Crippen LogP contribution in [-0.2, 0) is 14.3 Å². The molecule has 23 heavy (non-hydrogen) atoms. The Labute approximate surface area is 136 Å². The van der Waals surface area contributed by atoms with Crippen molar-refractivity contribution in [1.82, 2.24) is 0 Å². The van der Waals surface area contributed by atoms with Crippen LogP contribution in [0, 0.1) is 5.92 Å². The second-order valence-electron chi connectivity index (χ2n) is 5.93. The molecule has 1 aliphatic rings. The van der Waals surface area contributed by atoms with E-state index in [0.717, 1.165) is 12.8 Å². The fourth-order valence-corrected chi connectivity index (χ4v) is 2.90. The van der Waals surface area contributed by atoms with Gasteiger partial charge in [-0.1, -0.05) is 13.8 Å². The van der Waals surface area contributed by atoms with Crippen molar-refractivity contribution < 1.29 is 19.4 Å². The quantitative estimate of drug-likeness (QED) is 0.454. The molecule has 7 heteroatoms. The molecule has 7 nitrogen and oxygen atoms in total. The predicted molar refractivity (Wildman–Crippen MR) is 88.0 cm³/mol. The van der Waals surface area contributed by atoms with Crippen molar-refractivity contribution in [3.05, 3.63) is 11.6 Å². The Bertz CT molecular complexity index is 494. The van der Waals surface area contributed by atoms with E-state index in [1.54, 1.807) is 6.08 Å². The van der Waals surface area contributed by atoms with Crippen LogP contribution in [0.5, 0.6) is 0 Å². The molecule has 0 saturated carbocycles. The summed E-state index contributed by atoms with van der Waals surface area (Å²) in [7, 11) is 0. The smallest absolute Gasteiger partial charge is 0.331 e. The summed E-state index contributed by atoms with van der Waals surface area (Å²) in [6.07, 6.45) is 3.17. The summed E-state index contributed by atoms with van der Waals surface area (Å²) in [6.45, 7) is 5.51. The molecule has 1 aliphatic carbocycles. The first-order valence-corrected chi connectivity index (χ1v) is 7.96. The highest BCUT2D eigenvalue weighted by atomic mass is 16.5. The Balaban J connectivity index is 3.18. The van der Waals surface area contributed by atoms with Gasteiger partial charge in [0.1, 0.15) is 5.78 Å². The van der Waals surface area contributed by atoms with Gasteiger partial charge >= 0.3 is 5.97 Å². The summed E-state index contributed by atoms with van der Waals surface area (Å²) in [6, 6.07) is -0.473. The minimum atomic E-state index is -1.01. The van der Waals surface area contributed by atoms with Gasteiger partial charge in [-0.05, 0) is 25.8 Å². The van der Waals surface area contributed by atoms with Crippen molar-refractivity contribution >= 4 is 17.7 Å². The number of nitrogens with zero attached hydrogens (tertiary/aromatic N) is 1. The number of hydrogen-bond donors (Lipinski definition) is 3. The van der Waals surface area contributed by atoms with Crippen molar-refractivity contribution in [3.63, 3.8) is 0 Å². The molecular weight excluding hydrogens is 298 g/mol. The molecule has 0 aliphatic heterocycles. The third kappa shape index (κ3) is 5.67. The van der Waals surface area contributed by atoms with Gasteiger partial charge in [-0.3, -0.25) is 0 Å². The average molecular weight is 325 g/mol. The molecule has 0 unspecified atom stereocenters. The zero-order valence-electron chi connectivity index (χ0n) is 14.0. The van der Waals surface area contributed by atoms with Gasteiger partial charge in [-0.2, -0.15) is 0 Å². The minimum absolute atomic E-state index is 0.00120. The van der Waals surface area contributed by atoms with E-state index in [2.05, 4.69) is 4.99 Å². The van der Waals surface area contributed by atoms with Gasteiger partial charge in [-0.25, -0.2) is 9.79 Å². The van der Waals surface area contributed by atoms with E-state index in [4.69, 9.17) is 16.2 Å². The van der Waals surface area contributed by atoms with Gasteiger partial charge in [0.15, 0.2) is 5.96 Å². The zero-order valence-corrected chi connectivity index (χ0v) is 14.0. The Morgan fingerprint density at radius 3 is 2.43 bits per heavy atom. The molecule has 0 aromatic carbocycles. The number of aliphatic imine (C=N–C) groups is 1. The van der Waals surface area contributed by atoms with E-state index < -0.39 is 18.1 Å². The first-order chi connectivity index (χ1) is 10.8. The number of nitrogens with two attached hydrogens (primary N) is 2. The summed E-state index contributed by atoms with van der Waals surface area (Å²) in [5, 5.41) is 9.32. The second-order valence-corrected chi connectivity index (χ2v) is 5.93. The molecule has 0 saturated heterocycles. The van der Waals surface area contributed by atoms with E-state index in [1.165, 1.54) is 6.92 Å². The number of hydrogen-bond acceptors (Lipinski definition) is 4. The highest BCUT2D eigenvalue weighted by Gasteiger charge is 2.37. The van der Waals surface area contributed by atoms with Gasteiger partial charge in [0, 0.05) is 24.3 Å². The standard InChI is InChI=1S/C16H27N3O4/c1-4-11(5-2)23-14-8-10(15(21)22)7-13(19-16(17)18)12(14)6-9(3)20/h8,11-14H,4-7H2,1-3H3,(H,21,22)(H4,17,18,19)/t12-,13+,14-/m1/s1. The molecule has 0 bridgehead atoms. The highest BCUT2D eigenvalue weighted by Crippen LogP contribution is 2.33. The normalized spacial score (nSPS) is 24.2. The SMILES string of the molecule is CCC(CC)O[C@@H]1C=C(C(=O)O)C[C@H](N=C(N)N)[C@H]1CC(C)=O. The molecule has 0 heterocycles. The fourth-order valence-electron chi connectivity index (χ4n) is 2.90. The van der Waals surface area contributed by atoms with Gasteiger partial charge in [-0.15, -0.1) is 0 Å². The predicted octanol–water partition coefficient (Wildman–Crippen LogP) is 1.21. The number of rotatable bonds is 8. The van der Waals surface area contributed by atoms with Crippen molar-refractivity contribution in [2.75, 3.05) is 0 Å². The third-order valence-electron chi connectivity index (χ3n) is 4.08. The molecule has 0 aromatic rings. The monoisotopic (exact) mass is 325 g/mol. The molecule has 0 amide bonds. The second kappa shape index (κ2) is 8.67. The van der Waals surface area contributed by atoms with Crippen LogP contribution in [0.25, 0.3) is 0 Å². The summed E-state index contributed by atoms with van der Waals surface area (Å²) >= 11 is 0. The lowest BCUT2D eigenvalue weighted by Crippen LogP contribution is -2.41. The Morgan fingerprint density at radius 1 is 1.39 bits per heavy atom. The van der Waals surface area contributed by atoms with Gasteiger partial charge in [0.25, 0.3) is 0 Å². The van der Waals surface area contributed by atoms with Crippen LogP contribution in [0.4, 0.5) is 0 Å². The molecule has 3 atom stereocenters. The number of carbonyl (C=O) groups excluding carboxylic acids is 1. The summed E-state index contributed by atoms with van der Waals surface area (Å²) in [4.78, 5) is 27.2. The first-order valence-electron chi connectivity index (χ1n) is 7.96. The van der Waals surface area contributed by atoms with Crippen LogP contribution in [0.3, 0.4) is 0 Å². The number of carboxylic acid groups (broad SMARTS) is 1. The van der Waals surface area contributed by atoms with Crippen molar-refractivity contribution in [3.8, 4) is 0 Å². The number of aliphatic carboxylic acids is 1. The summed E-state index contributed by atoms with van der Waals surface area (Å²) in [5.41, 5.74) is 11.2. The molecular formula is C16H27N3O4. The van der Waals surface area contributed by atoms with E-state index in [-0.39, 0.29) is 42.2 Å². The van der Waals surface area contributed by atoms with Gasteiger partial charge in [0.05, 0.1) is 18.2 Å². The van der Waals surface area contributed by atoms with E-state index in [0.29, 0.717) is 0 Å². The maximum atomic E-state index is 11.6. The maximum absolute atomic E-state index is 11.6. The molecule has 5 N–H and O–H groups in total. The number of ketones is 1. The molecule has 0 radical (unpaired) electrons. The van der Waals surface area contributed by atoms with Crippen LogP contribution in [-0.4, -0.2) is 41.1 Å². The Kier molecular flexibility index (Phi) is 7.22. The van der Waals surface area contributed by atoms with Gasteiger partial charge in [0.2, 0.25) is 0 Å². The fraction of sp³-hybridized carbons (Fsp3) is 0.688. The highest BCUT2D eigenvalue weighted by molar-refractivity contribution is 5.87. The summed E-state index contributed by atoms with van der Waals surface area (Å²) in [5.74, 6) is -1.40. The number of carbonyl (C=O) groups is 2. The van der Waals surface area contributed by atoms with Crippen molar-refractivity contribution in [2.24, 2.45) is 22.4 Å². The number of Topliss-reactive ketones (excluding diaryl/α,β-unsaturated/α-hetero) is 1. The number of ether oxygens (including phenoxy) is 1. The van der Waals surface area contributed by atoms with Crippen LogP contribution < -0.4 is 11.5 Å². The minimum Gasteiger partial charge on any atom is -0.478 e. The van der Waals surface area contributed by atoms with Crippen molar-refractivity contribution in [2.45, 2.75) is 64.7 Å². The molecule has 1 rings (SSSR count). The Morgan fingerprint density at radius 2 is 2.00 bits per heavy atom. The molecule has 0 aromatic heterocycles. The lowest BCUT2D eigenvalue weighted by atomic mass is 9.80. The van der Waals surface area contributed by atoms with E-state index in [9.17, 15) is 14.7 Å². The lowest BCUT2D eigenvalue weighted by Gasteiger charge is -2.35. The third-order valence-corrected chi connectivity index (χ3v) is 4.08. The number of carboxylic acids is 1. The van der Waals surface area contributed by atoms with Crippen LogP contribution >= 0.6 is 0 Å². The number of guanidine groups is 1. The van der Waals surface area contributed by atoms with Crippen LogP contribution in [0.1, 0.15) is 46.5 Å². The molecule has 130 valence electrons. The van der Waals surface area contributed by atoms with Crippen LogP contribution in [0.15, 0.2) is 16.6 Å². The maximum Gasteiger partial charge on any atom is 0.331 e. The van der Waals surface area contributed by atoms with Gasteiger partial charge < -0.3 is 26.1 Å². The molecule has 0 fully saturated rings. The zero-order chi connectivity index (χ0) is 17.6. The van der Waals surface area contributed by atoms with E-state index in [1.807, 2.05) is 13.8 Å². The lowest BCUT2D eigenvalue weighted by molar-refractivity contribution is -0.133. The topological polar surface area (TPSA) is 128 Å². The molecule has 0 spiro atoms. The van der Waals surface area contributed by atoms with E-state index >= 15 is 0 Å². The average Bonchev–Trinajstić information content (AvgIpc) is 2.46. The van der Waals surface area contributed by atoms with Crippen LogP contribution in [0.2, 0.25) is 0 Å². The largest absolute Gasteiger partial charge is 0.478 e. The van der Waals surface area contributed by atoms with Crippen molar-refractivity contribution in [1.29, 1.82) is 0 Å². The Hall–Kier alpha value is -1.89. The first kappa shape index (κ1) is 19.2.